The van der Waals surface area contributed by atoms with E-state index in [1.165, 1.54) is 0 Å². The maximum atomic E-state index is 12.2. The van der Waals surface area contributed by atoms with Crippen molar-refractivity contribution in [3.05, 3.63) is 63.0 Å². The third-order valence-corrected chi connectivity index (χ3v) is 4.98. The van der Waals surface area contributed by atoms with E-state index in [9.17, 15) is 4.79 Å². The van der Waals surface area contributed by atoms with E-state index in [2.05, 4.69) is 31.4 Å². The Morgan fingerprint density at radius 3 is 2.62 bits per heavy atom. The lowest BCUT2D eigenvalue weighted by molar-refractivity contribution is -0.116. The van der Waals surface area contributed by atoms with Crippen LogP contribution in [-0.4, -0.2) is 25.5 Å². The van der Waals surface area contributed by atoms with Crippen LogP contribution in [0.1, 0.15) is 23.4 Å². The van der Waals surface area contributed by atoms with Crippen LogP contribution in [0.15, 0.2) is 41.0 Å². The van der Waals surface area contributed by atoms with Crippen LogP contribution < -0.4 is 5.32 Å². The number of hydrogen-bond acceptors (Lipinski definition) is 3. The molecule has 0 radical (unpaired) electrons. The van der Waals surface area contributed by atoms with Gasteiger partial charge in [-0.15, -0.1) is 0 Å². The Labute approximate surface area is 165 Å². The standard InChI is InChI=1S/C18H19BrClN5O/c1-12-9-17(23-25(12)10-14-3-5-15(20)6-4-14)21-18(26)7-8-24-11-16(19)13(2)22-24/h3-6,9,11H,7-8,10H2,1-2H3,(H,21,23,26). The molecular formula is C18H19BrClN5O. The minimum absolute atomic E-state index is 0.0922. The van der Waals surface area contributed by atoms with E-state index in [0.717, 1.165) is 21.4 Å². The van der Waals surface area contributed by atoms with Crippen molar-refractivity contribution in [2.24, 2.45) is 0 Å². The van der Waals surface area contributed by atoms with E-state index >= 15 is 0 Å². The Bertz CT molecular complexity index is 897. The number of rotatable bonds is 6. The predicted molar refractivity (Wildman–Crippen MR) is 105 cm³/mol. The normalized spacial score (nSPS) is 10.9. The van der Waals surface area contributed by atoms with Crippen molar-refractivity contribution in [3.63, 3.8) is 0 Å². The van der Waals surface area contributed by atoms with Crippen LogP contribution >= 0.6 is 27.5 Å². The molecule has 0 bridgehead atoms. The van der Waals surface area contributed by atoms with Crippen LogP contribution in [0, 0.1) is 13.8 Å². The minimum Gasteiger partial charge on any atom is -0.309 e. The van der Waals surface area contributed by atoms with Crippen LogP contribution in [0.25, 0.3) is 0 Å². The number of anilines is 1. The zero-order chi connectivity index (χ0) is 18.7. The Morgan fingerprint density at radius 1 is 1.23 bits per heavy atom. The molecule has 2 aromatic heterocycles. The molecule has 0 aliphatic heterocycles. The first-order valence-corrected chi connectivity index (χ1v) is 9.36. The van der Waals surface area contributed by atoms with Gasteiger partial charge in [-0.2, -0.15) is 10.2 Å². The van der Waals surface area contributed by atoms with Crippen molar-refractivity contribution >= 4 is 39.3 Å². The number of amides is 1. The maximum Gasteiger partial charge on any atom is 0.227 e. The average molecular weight is 437 g/mol. The number of carbonyl (C=O) groups excluding carboxylic acids is 1. The summed E-state index contributed by atoms with van der Waals surface area (Å²) in [6.07, 6.45) is 2.20. The second-order valence-electron chi connectivity index (χ2n) is 6.08. The van der Waals surface area contributed by atoms with E-state index < -0.39 is 0 Å². The first kappa shape index (κ1) is 18.7. The van der Waals surface area contributed by atoms with Gasteiger partial charge in [-0.25, -0.2) is 0 Å². The van der Waals surface area contributed by atoms with Crippen molar-refractivity contribution < 1.29 is 4.79 Å². The molecule has 0 aliphatic carbocycles. The maximum absolute atomic E-state index is 12.2. The van der Waals surface area contributed by atoms with E-state index in [1.54, 1.807) is 4.68 Å². The molecule has 136 valence electrons. The lowest BCUT2D eigenvalue weighted by Crippen LogP contribution is -2.15. The Hall–Kier alpha value is -2.12. The van der Waals surface area contributed by atoms with Gasteiger partial charge in [-0.1, -0.05) is 23.7 Å². The van der Waals surface area contributed by atoms with E-state index in [-0.39, 0.29) is 5.91 Å². The molecule has 26 heavy (non-hydrogen) atoms. The molecule has 1 amide bonds. The summed E-state index contributed by atoms with van der Waals surface area (Å²) >= 11 is 9.33. The third-order valence-electron chi connectivity index (χ3n) is 3.95. The first-order chi connectivity index (χ1) is 12.4. The number of benzene rings is 1. The molecule has 3 aromatic rings. The summed E-state index contributed by atoms with van der Waals surface area (Å²) in [5, 5.41) is 12.3. The highest BCUT2D eigenvalue weighted by atomic mass is 79.9. The van der Waals surface area contributed by atoms with Gasteiger partial charge in [-0.3, -0.25) is 14.2 Å². The Balaban J connectivity index is 1.57. The van der Waals surface area contributed by atoms with Gasteiger partial charge in [0, 0.05) is 35.9 Å². The molecule has 1 aromatic carbocycles. The fourth-order valence-corrected chi connectivity index (χ4v) is 2.97. The SMILES string of the molecule is Cc1nn(CCC(=O)Nc2cc(C)n(Cc3ccc(Cl)cc3)n2)cc1Br. The fourth-order valence-electron chi connectivity index (χ4n) is 2.52. The highest BCUT2D eigenvalue weighted by Crippen LogP contribution is 2.15. The van der Waals surface area contributed by atoms with E-state index in [1.807, 2.05) is 55.1 Å². The summed E-state index contributed by atoms with van der Waals surface area (Å²) in [4.78, 5) is 12.2. The van der Waals surface area contributed by atoms with Gasteiger partial charge in [0.05, 0.1) is 16.7 Å². The van der Waals surface area contributed by atoms with Gasteiger partial charge >= 0.3 is 0 Å². The number of hydrogen-bond donors (Lipinski definition) is 1. The molecule has 6 nitrogen and oxygen atoms in total. The molecular weight excluding hydrogens is 418 g/mol. The van der Waals surface area contributed by atoms with Crippen LogP contribution in [0.2, 0.25) is 5.02 Å². The number of nitrogens with zero attached hydrogens (tertiary/aromatic N) is 4. The summed E-state index contributed by atoms with van der Waals surface area (Å²) in [5.41, 5.74) is 2.97. The summed E-state index contributed by atoms with van der Waals surface area (Å²) < 4.78 is 4.55. The molecule has 0 aliphatic rings. The quantitative estimate of drug-likeness (QED) is 0.630. The number of aromatic nitrogens is 4. The van der Waals surface area contributed by atoms with Gasteiger partial charge in [-0.05, 0) is 47.5 Å². The molecule has 0 atom stereocenters. The molecule has 0 saturated carbocycles. The number of aryl methyl sites for hydroxylation is 3. The Kier molecular flexibility index (Phi) is 5.78. The second kappa shape index (κ2) is 8.05. The van der Waals surface area contributed by atoms with Crippen LogP contribution in [0.4, 0.5) is 5.82 Å². The van der Waals surface area contributed by atoms with Crippen molar-refractivity contribution in [1.29, 1.82) is 0 Å². The molecule has 0 spiro atoms. The highest BCUT2D eigenvalue weighted by molar-refractivity contribution is 9.10. The summed E-state index contributed by atoms with van der Waals surface area (Å²) in [5.74, 6) is 0.463. The van der Waals surface area contributed by atoms with Gasteiger partial charge in [0.15, 0.2) is 5.82 Å². The van der Waals surface area contributed by atoms with Gasteiger partial charge in [0.1, 0.15) is 0 Å². The van der Waals surface area contributed by atoms with Crippen LogP contribution in [0.5, 0.6) is 0 Å². The lowest BCUT2D eigenvalue weighted by Gasteiger charge is -2.05. The molecule has 1 N–H and O–H groups in total. The van der Waals surface area contributed by atoms with Gasteiger partial charge in [0.25, 0.3) is 0 Å². The van der Waals surface area contributed by atoms with Gasteiger partial charge < -0.3 is 5.32 Å². The average Bonchev–Trinajstić information content (AvgIpc) is 3.10. The van der Waals surface area contributed by atoms with Crippen molar-refractivity contribution in [3.8, 4) is 0 Å². The van der Waals surface area contributed by atoms with Crippen molar-refractivity contribution in [2.75, 3.05) is 5.32 Å². The Morgan fingerprint density at radius 2 is 1.96 bits per heavy atom. The highest BCUT2D eigenvalue weighted by Gasteiger charge is 2.10. The monoisotopic (exact) mass is 435 g/mol. The minimum atomic E-state index is -0.0922. The topological polar surface area (TPSA) is 64.7 Å². The first-order valence-electron chi connectivity index (χ1n) is 8.19. The molecule has 3 rings (SSSR count). The molecule has 0 unspecified atom stereocenters. The number of nitrogens with one attached hydrogen (secondary N) is 1. The molecule has 0 saturated heterocycles. The zero-order valence-electron chi connectivity index (χ0n) is 14.5. The second-order valence-corrected chi connectivity index (χ2v) is 7.37. The van der Waals surface area contributed by atoms with Crippen molar-refractivity contribution in [1.82, 2.24) is 19.6 Å². The zero-order valence-corrected chi connectivity index (χ0v) is 16.9. The fraction of sp³-hybridized carbons (Fsp3) is 0.278. The molecule has 8 heteroatoms. The lowest BCUT2D eigenvalue weighted by atomic mass is 10.2. The van der Waals surface area contributed by atoms with E-state index in [4.69, 9.17) is 11.6 Å². The summed E-state index contributed by atoms with van der Waals surface area (Å²) in [7, 11) is 0. The third kappa shape index (κ3) is 4.74. The van der Waals surface area contributed by atoms with Gasteiger partial charge in [0.2, 0.25) is 5.91 Å². The summed E-state index contributed by atoms with van der Waals surface area (Å²) in [6.45, 7) is 5.02. The largest absolute Gasteiger partial charge is 0.309 e. The van der Waals surface area contributed by atoms with Crippen LogP contribution in [0.3, 0.4) is 0 Å². The molecule has 0 fully saturated rings. The summed E-state index contributed by atoms with van der Waals surface area (Å²) in [6, 6.07) is 9.50. The van der Waals surface area contributed by atoms with E-state index in [0.29, 0.717) is 30.4 Å². The number of carbonyl (C=O) groups is 1. The molecule has 2 heterocycles. The van der Waals surface area contributed by atoms with Crippen LogP contribution in [-0.2, 0) is 17.9 Å². The number of halogens is 2. The van der Waals surface area contributed by atoms with Crippen molar-refractivity contribution in [2.45, 2.75) is 33.4 Å². The predicted octanol–water partition coefficient (Wildman–Crippen LogP) is 4.19. The smallest absolute Gasteiger partial charge is 0.227 e.